The molecule has 0 bridgehead atoms. The summed E-state index contributed by atoms with van der Waals surface area (Å²) in [7, 11) is 0. The molecular formula is C15H24N4O2. The average molecular weight is 292 g/mol. The van der Waals surface area contributed by atoms with Crippen LogP contribution >= 0.6 is 0 Å². The van der Waals surface area contributed by atoms with Crippen LogP contribution in [0.3, 0.4) is 0 Å². The van der Waals surface area contributed by atoms with Crippen LogP contribution < -0.4 is 15.5 Å². The summed E-state index contributed by atoms with van der Waals surface area (Å²) in [4.78, 5) is 18.3. The molecule has 116 valence electrons. The molecule has 1 aliphatic heterocycles. The topological polar surface area (TPSA) is 66.5 Å². The molecule has 0 atom stereocenters. The Balaban J connectivity index is 1.77. The molecule has 0 aliphatic carbocycles. The third-order valence-electron chi connectivity index (χ3n) is 3.41. The molecule has 0 radical (unpaired) electrons. The number of aromatic nitrogens is 1. The molecular weight excluding hydrogens is 268 g/mol. The number of carbonyl (C=O) groups is 1. The Kier molecular flexibility index (Phi) is 6.27. The summed E-state index contributed by atoms with van der Waals surface area (Å²) in [5.74, 6) is 0.923. The fraction of sp³-hybridized carbons (Fsp3) is 0.600. The third kappa shape index (κ3) is 5.23. The Morgan fingerprint density at radius 3 is 2.81 bits per heavy atom. The summed E-state index contributed by atoms with van der Waals surface area (Å²) >= 11 is 0. The van der Waals surface area contributed by atoms with Crippen LogP contribution in [0.1, 0.15) is 26.2 Å². The van der Waals surface area contributed by atoms with Gasteiger partial charge in [0.25, 0.3) is 0 Å². The smallest absolute Gasteiger partial charge is 0.319 e. The van der Waals surface area contributed by atoms with Gasteiger partial charge in [-0.15, -0.1) is 0 Å². The van der Waals surface area contributed by atoms with E-state index in [4.69, 9.17) is 4.74 Å². The molecule has 1 aliphatic rings. The Morgan fingerprint density at radius 1 is 1.33 bits per heavy atom. The van der Waals surface area contributed by atoms with E-state index < -0.39 is 0 Å². The molecule has 0 saturated carbocycles. The summed E-state index contributed by atoms with van der Waals surface area (Å²) in [6, 6.07) is 3.63. The van der Waals surface area contributed by atoms with Gasteiger partial charge in [-0.05, 0) is 18.6 Å². The minimum absolute atomic E-state index is 0.174. The zero-order valence-electron chi connectivity index (χ0n) is 12.6. The van der Waals surface area contributed by atoms with Gasteiger partial charge in [-0.3, -0.25) is 0 Å². The maximum Gasteiger partial charge on any atom is 0.319 e. The number of hydrogen-bond donors (Lipinski definition) is 2. The van der Waals surface area contributed by atoms with Crippen molar-refractivity contribution in [1.82, 2.24) is 10.3 Å². The first kappa shape index (κ1) is 15.6. The molecule has 2 N–H and O–H groups in total. The number of amides is 2. The van der Waals surface area contributed by atoms with Gasteiger partial charge in [0.05, 0.1) is 25.1 Å². The Labute approximate surface area is 125 Å². The van der Waals surface area contributed by atoms with Gasteiger partial charge in [0, 0.05) is 19.6 Å². The predicted molar refractivity (Wildman–Crippen MR) is 83.8 cm³/mol. The van der Waals surface area contributed by atoms with Crippen molar-refractivity contribution >= 4 is 17.5 Å². The molecule has 1 aromatic rings. The van der Waals surface area contributed by atoms with Crippen LogP contribution in [0.15, 0.2) is 18.3 Å². The highest BCUT2D eigenvalue weighted by Gasteiger charge is 2.12. The van der Waals surface area contributed by atoms with Crippen molar-refractivity contribution in [1.29, 1.82) is 0 Å². The number of ether oxygens (including phenoxy) is 1. The van der Waals surface area contributed by atoms with Crippen LogP contribution in [0.4, 0.5) is 16.3 Å². The van der Waals surface area contributed by atoms with E-state index in [9.17, 15) is 4.79 Å². The van der Waals surface area contributed by atoms with E-state index in [0.29, 0.717) is 12.2 Å². The number of pyridine rings is 1. The molecule has 6 nitrogen and oxygen atoms in total. The second-order valence-electron chi connectivity index (χ2n) is 5.09. The van der Waals surface area contributed by atoms with Gasteiger partial charge in [-0.1, -0.05) is 19.8 Å². The predicted octanol–water partition coefficient (Wildman–Crippen LogP) is 2.23. The van der Waals surface area contributed by atoms with Gasteiger partial charge in [0.15, 0.2) is 0 Å². The molecule has 1 fully saturated rings. The van der Waals surface area contributed by atoms with Crippen LogP contribution in [-0.2, 0) is 4.74 Å². The Morgan fingerprint density at radius 2 is 2.14 bits per heavy atom. The fourth-order valence-corrected chi connectivity index (χ4v) is 2.19. The number of nitrogens with one attached hydrogen (secondary N) is 2. The molecule has 2 heterocycles. The number of hydrogen-bond acceptors (Lipinski definition) is 4. The molecule has 0 spiro atoms. The summed E-state index contributed by atoms with van der Waals surface area (Å²) in [6.45, 7) is 6.04. The largest absolute Gasteiger partial charge is 0.378 e. The van der Waals surface area contributed by atoms with Crippen molar-refractivity contribution in [3.8, 4) is 0 Å². The van der Waals surface area contributed by atoms with Crippen molar-refractivity contribution in [3.05, 3.63) is 18.3 Å². The maximum absolute atomic E-state index is 11.7. The lowest BCUT2D eigenvalue weighted by Crippen LogP contribution is -2.36. The monoisotopic (exact) mass is 292 g/mol. The number of anilines is 2. The number of urea groups is 1. The van der Waals surface area contributed by atoms with Gasteiger partial charge >= 0.3 is 6.03 Å². The summed E-state index contributed by atoms with van der Waals surface area (Å²) in [5, 5.41) is 5.63. The summed E-state index contributed by atoms with van der Waals surface area (Å²) < 4.78 is 5.32. The molecule has 6 heteroatoms. The zero-order chi connectivity index (χ0) is 14.9. The molecule has 1 aromatic heterocycles. The number of nitrogens with zero attached hydrogens (tertiary/aromatic N) is 2. The lowest BCUT2D eigenvalue weighted by Gasteiger charge is -2.27. The van der Waals surface area contributed by atoms with Crippen molar-refractivity contribution in [2.24, 2.45) is 0 Å². The highest BCUT2D eigenvalue weighted by Crippen LogP contribution is 2.15. The maximum atomic E-state index is 11.7. The first-order valence-electron chi connectivity index (χ1n) is 7.63. The SMILES string of the molecule is CCCCCNC(=O)Nc1ccc(N2CCOCC2)nc1. The van der Waals surface area contributed by atoms with Gasteiger partial charge < -0.3 is 20.3 Å². The first-order valence-corrected chi connectivity index (χ1v) is 7.63. The van der Waals surface area contributed by atoms with Gasteiger partial charge in [0.2, 0.25) is 0 Å². The van der Waals surface area contributed by atoms with Gasteiger partial charge in [-0.25, -0.2) is 9.78 Å². The highest BCUT2D eigenvalue weighted by molar-refractivity contribution is 5.89. The van der Waals surface area contributed by atoms with E-state index in [1.165, 1.54) is 0 Å². The van der Waals surface area contributed by atoms with Crippen LogP contribution in [0.2, 0.25) is 0 Å². The average Bonchev–Trinajstić information content (AvgIpc) is 2.53. The van der Waals surface area contributed by atoms with E-state index >= 15 is 0 Å². The highest BCUT2D eigenvalue weighted by atomic mass is 16.5. The standard InChI is InChI=1S/C15H24N4O2/c1-2-3-4-7-16-15(20)18-13-5-6-14(17-12-13)19-8-10-21-11-9-19/h5-6,12H,2-4,7-11H2,1H3,(H2,16,18,20). The number of rotatable bonds is 6. The second-order valence-corrected chi connectivity index (χ2v) is 5.09. The van der Waals surface area contributed by atoms with Crippen molar-refractivity contribution in [2.75, 3.05) is 43.1 Å². The van der Waals surface area contributed by atoms with E-state index in [1.54, 1.807) is 6.20 Å². The van der Waals surface area contributed by atoms with Crippen molar-refractivity contribution < 1.29 is 9.53 Å². The quantitative estimate of drug-likeness (QED) is 0.789. The normalized spacial score (nSPS) is 14.8. The first-order chi connectivity index (χ1) is 10.3. The van der Waals surface area contributed by atoms with E-state index in [1.807, 2.05) is 12.1 Å². The summed E-state index contributed by atoms with van der Waals surface area (Å²) in [5.41, 5.74) is 0.708. The molecule has 2 amide bonds. The van der Waals surface area contributed by atoms with E-state index in [0.717, 1.165) is 51.4 Å². The van der Waals surface area contributed by atoms with Gasteiger partial charge in [-0.2, -0.15) is 0 Å². The summed E-state index contributed by atoms with van der Waals surface area (Å²) in [6.07, 6.45) is 4.99. The molecule has 21 heavy (non-hydrogen) atoms. The molecule has 0 aromatic carbocycles. The number of morpholine rings is 1. The lowest BCUT2D eigenvalue weighted by atomic mass is 10.2. The van der Waals surface area contributed by atoms with Crippen LogP contribution in [-0.4, -0.2) is 43.9 Å². The Hall–Kier alpha value is -1.82. The minimum atomic E-state index is -0.174. The van der Waals surface area contributed by atoms with E-state index in [-0.39, 0.29) is 6.03 Å². The fourth-order valence-electron chi connectivity index (χ4n) is 2.19. The van der Waals surface area contributed by atoms with Crippen molar-refractivity contribution in [2.45, 2.75) is 26.2 Å². The van der Waals surface area contributed by atoms with Crippen molar-refractivity contribution in [3.63, 3.8) is 0 Å². The second kappa shape index (κ2) is 8.46. The van der Waals surface area contributed by atoms with Gasteiger partial charge in [0.1, 0.15) is 5.82 Å². The molecule has 1 saturated heterocycles. The number of carbonyl (C=O) groups excluding carboxylic acids is 1. The third-order valence-corrected chi connectivity index (χ3v) is 3.41. The van der Waals surface area contributed by atoms with E-state index in [2.05, 4.69) is 27.4 Å². The zero-order valence-corrected chi connectivity index (χ0v) is 12.6. The Bertz CT molecular complexity index is 430. The van der Waals surface area contributed by atoms with Crippen LogP contribution in [0.5, 0.6) is 0 Å². The number of unbranched alkanes of at least 4 members (excludes halogenated alkanes) is 2. The van der Waals surface area contributed by atoms with Crippen LogP contribution in [0.25, 0.3) is 0 Å². The van der Waals surface area contributed by atoms with Crippen LogP contribution in [0, 0.1) is 0 Å². The lowest BCUT2D eigenvalue weighted by molar-refractivity contribution is 0.122. The molecule has 2 rings (SSSR count). The minimum Gasteiger partial charge on any atom is -0.378 e. The molecule has 0 unspecified atom stereocenters.